The summed E-state index contributed by atoms with van der Waals surface area (Å²) in [5.41, 5.74) is 4.82. The van der Waals surface area contributed by atoms with E-state index >= 15 is 0 Å². The summed E-state index contributed by atoms with van der Waals surface area (Å²) in [5.74, 6) is -0.143. The third kappa shape index (κ3) is 8.02. The molecule has 0 atom stereocenters. The number of sulfonamides is 1. The van der Waals surface area contributed by atoms with Crippen LogP contribution in [0.1, 0.15) is 46.5 Å². The molecule has 3 aromatic carbocycles. The molecule has 0 saturated heterocycles. The SMILES string of the molecule is Cc1ccc(CN(CCNC(=O)c2ccc(CNS(=O)(=O)c3ccc(C)cc3)cc2)C(C)C)cc1. The van der Waals surface area contributed by atoms with Crippen molar-refractivity contribution >= 4 is 15.9 Å². The fourth-order valence-corrected chi connectivity index (χ4v) is 4.63. The molecule has 0 unspecified atom stereocenters. The average molecular weight is 494 g/mol. The summed E-state index contributed by atoms with van der Waals surface area (Å²) >= 11 is 0. The largest absolute Gasteiger partial charge is 0.351 e. The molecular weight excluding hydrogens is 458 g/mol. The van der Waals surface area contributed by atoms with Gasteiger partial charge in [-0.1, -0.05) is 59.7 Å². The lowest BCUT2D eigenvalue weighted by atomic mass is 10.1. The van der Waals surface area contributed by atoms with Gasteiger partial charge in [0.1, 0.15) is 0 Å². The van der Waals surface area contributed by atoms with Crippen LogP contribution in [-0.4, -0.2) is 38.4 Å². The zero-order valence-electron chi connectivity index (χ0n) is 20.9. The molecule has 35 heavy (non-hydrogen) atoms. The minimum Gasteiger partial charge on any atom is -0.351 e. The summed E-state index contributed by atoms with van der Waals surface area (Å²) < 4.78 is 27.5. The van der Waals surface area contributed by atoms with Crippen molar-refractivity contribution in [2.45, 2.75) is 51.7 Å². The van der Waals surface area contributed by atoms with E-state index in [0.717, 1.165) is 24.2 Å². The standard InChI is InChI=1S/C28H35N3O3S/c1-21(2)31(20-25-9-5-22(3)6-10-25)18-17-29-28(32)26-13-11-24(12-14-26)19-30-35(33,34)27-15-7-23(4)8-16-27/h5-16,21,30H,17-20H2,1-4H3,(H,29,32). The summed E-state index contributed by atoms with van der Waals surface area (Å²) in [6.07, 6.45) is 0. The van der Waals surface area contributed by atoms with Gasteiger partial charge in [0.05, 0.1) is 4.90 Å². The molecular formula is C28H35N3O3S. The number of carbonyl (C=O) groups is 1. The number of amides is 1. The van der Waals surface area contributed by atoms with Crippen LogP contribution in [0.2, 0.25) is 0 Å². The number of benzene rings is 3. The summed E-state index contributed by atoms with van der Waals surface area (Å²) in [7, 11) is -3.59. The Kier molecular flexibility index (Phi) is 9.20. The van der Waals surface area contributed by atoms with Crippen LogP contribution in [0.15, 0.2) is 77.7 Å². The van der Waals surface area contributed by atoms with Gasteiger partial charge in [0.25, 0.3) is 5.91 Å². The second-order valence-electron chi connectivity index (χ2n) is 9.14. The molecule has 0 bridgehead atoms. The summed E-state index contributed by atoms with van der Waals surface area (Å²) in [4.78, 5) is 15.2. The second-order valence-corrected chi connectivity index (χ2v) is 10.9. The van der Waals surface area contributed by atoms with Gasteiger partial charge < -0.3 is 5.32 Å². The number of hydrogen-bond donors (Lipinski definition) is 2. The highest BCUT2D eigenvalue weighted by Crippen LogP contribution is 2.12. The summed E-state index contributed by atoms with van der Waals surface area (Å²) in [6, 6.07) is 22.6. The molecule has 0 aliphatic heterocycles. The van der Waals surface area contributed by atoms with Crippen LogP contribution >= 0.6 is 0 Å². The molecule has 186 valence electrons. The van der Waals surface area contributed by atoms with Crippen molar-refractivity contribution in [3.05, 3.63) is 101 Å². The quantitative estimate of drug-likeness (QED) is 0.414. The average Bonchev–Trinajstić information content (AvgIpc) is 2.84. The molecule has 3 aromatic rings. The van der Waals surface area contributed by atoms with E-state index in [4.69, 9.17) is 0 Å². The maximum Gasteiger partial charge on any atom is 0.251 e. The van der Waals surface area contributed by atoms with Gasteiger partial charge in [-0.3, -0.25) is 9.69 Å². The number of hydrogen-bond acceptors (Lipinski definition) is 4. The molecule has 0 aromatic heterocycles. The molecule has 0 radical (unpaired) electrons. The van der Waals surface area contributed by atoms with Crippen molar-refractivity contribution in [3.63, 3.8) is 0 Å². The molecule has 6 nitrogen and oxygen atoms in total. The second kappa shape index (κ2) is 12.1. The number of carbonyl (C=O) groups excluding carboxylic acids is 1. The van der Waals surface area contributed by atoms with Crippen molar-refractivity contribution in [1.29, 1.82) is 0 Å². The third-order valence-electron chi connectivity index (χ3n) is 5.93. The van der Waals surface area contributed by atoms with Crippen molar-refractivity contribution < 1.29 is 13.2 Å². The predicted molar refractivity (Wildman–Crippen MR) is 141 cm³/mol. The lowest BCUT2D eigenvalue weighted by molar-refractivity contribution is 0.0944. The van der Waals surface area contributed by atoms with Crippen LogP contribution in [0, 0.1) is 13.8 Å². The number of nitrogens with one attached hydrogen (secondary N) is 2. The molecule has 0 heterocycles. The van der Waals surface area contributed by atoms with Gasteiger partial charge >= 0.3 is 0 Å². The third-order valence-corrected chi connectivity index (χ3v) is 7.35. The molecule has 2 N–H and O–H groups in total. The van der Waals surface area contributed by atoms with E-state index in [2.05, 4.69) is 60.0 Å². The van der Waals surface area contributed by atoms with E-state index in [1.165, 1.54) is 11.1 Å². The van der Waals surface area contributed by atoms with E-state index in [1.807, 2.05) is 6.92 Å². The van der Waals surface area contributed by atoms with Crippen molar-refractivity contribution in [3.8, 4) is 0 Å². The molecule has 0 aliphatic carbocycles. The first kappa shape index (κ1) is 26.6. The van der Waals surface area contributed by atoms with Crippen LogP contribution in [0.3, 0.4) is 0 Å². The Hall–Kier alpha value is -3.00. The monoisotopic (exact) mass is 493 g/mol. The van der Waals surface area contributed by atoms with Crippen molar-refractivity contribution in [2.24, 2.45) is 0 Å². The van der Waals surface area contributed by atoms with Gasteiger partial charge in [-0.25, -0.2) is 13.1 Å². The molecule has 7 heteroatoms. The Bertz CT molecular complexity index is 1200. The molecule has 3 rings (SSSR count). The van der Waals surface area contributed by atoms with Gasteiger partial charge in [-0.05, 0) is 63.1 Å². The Balaban J connectivity index is 1.49. The van der Waals surface area contributed by atoms with Crippen LogP contribution in [0.4, 0.5) is 0 Å². The smallest absolute Gasteiger partial charge is 0.251 e. The van der Waals surface area contributed by atoms with E-state index < -0.39 is 10.0 Å². The van der Waals surface area contributed by atoms with Gasteiger partial charge in [-0.2, -0.15) is 0 Å². The molecule has 0 saturated carbocycles. The topological polar surface area (TPSA) is 78.5 Å². The van der Waals surface area contributed by atoms with Crippen molar-refractivity contribution in [2.75, 3.05) is 13.1 Å². The lowest BCUT2D eigenvalue weighted by Crippen LogP contribution is -2.38. The van der Waals surface area contributed by atoms with Gasteiger partial charge in [0.2, 0.25) is 10.0 Å². The van der Waals surface area contributed by atoms with Gasteiger partial charge in [-0.15, -0.1) is 0 Å². The van der Waals surface area contributed by atoms with Gasteiger partial charge in [0.15, 0.2) is 0 Å². The fraction of sp³-hybridized carbons (Fsp3) is 0.321. The van der Waals surface area contributed by atoms with E-state index in [1.54, 1.807) is 48.5 Å². The van der Waals surface area contributed by atoms with Gasteiger partial charge in [0, 0.05) is 37.8 Å². The Morgan fingerprint density at radius 1 is 0.829 bits per heavy atom. The Morgan fingerprint density at radius 3 is 1.94 bits per heavy atom. The van der Waals surface area contributed by atoms with E-state index in [-0.39, 0.29) is 17.3 Å². The molecule has 1 amide bonds. The first-order chi connectivity index (χ1) is 16.6. The van der Waals surface area contributed by atoms with Crippen LogP contribution < -0.4 is 10.0 Å². The number of rotatable bonds is 11. The predicted octanol–water partition coefficient (Wildman–Crippen LogP) is 4.42. The molecule has 0 fully saturated rings. The normalized spacial score (nSPS) is 11.7. The lowest BCUT2D eigenvalue weighted by Gasteiger charge is -2.26. The van der Waals surface area contributed by atoms with E-state index in [0.29, 0.717) is 18.2 Å². The first-order valence-corrected chi connectivity index (χ1v) is 13.4. The van der Waals surface area contributed by atoms with Crippen LogP contribution in [0.5, 0.6) is 0 Å². The zero-order chi connectivity index (χ0) is 25.4. The Morgan fingerprint density at radius 2 is 1.37 bits per heavy atom. The van der Waals surface area contributed by atoms with Crippen LogP contribution in [0.25, 0.3) is 0 Å². The van der Waals surface area contributed by atoms with Crippen LogP contribution in [-0.2, 0) is 23.1 Å². The molecule has 0 aliphatic rings. The number of nitrogens with zero attached hydrogens (tertiary/aromatic N) is 1. The minimum atomic E-state index is -3.59. The Labute approximate surface area is 209 Å². The summed E-state index contributed by atoms with van der Waals surface area (Å²) in [5, 5.41) is 2.99. The fourth-order valence-electron chi connectivity index (χ4n) is 3.62. The highest BCUT2D eigenvalue weighted by Gasteiger charge is 2.14. The molecule has 0 spiro atoms. The first-order valence-electron chi connectivity index (χ1n) is 11.9. The maximum absolute atomic E-state index is 12.6. The summed E-state index contributed by atoms with van der Waals surface area (Å²) in [6.45, 7) is 10.6. The number of aryl methyl sites for hydroxylation is 2. The van der Waals surface area contributed by atoms with E-state index in [9.17, 15) is 13.2 Å². The minimum absolute atomic E-state index is 0.143. The van der Waals surface area contributed by atoms with Crippen molar-refractivity contribution in [1.82, 2.24) is 14.9 Å². The highest BCUT2D eigenvalue weighted by atomic mass is 32.2. The zero-order valence-corrected chi connectivity index (χ0v) is 21.7. The maximum atomic E-state index is 12.6. The highest BCUT2D eigenvalue weighted by molar-refractivity contribution is 7.89.